The Hall–Kier alpha value is -2.01. The van der Waals surface area contributed by atoms with E-state index in [1.807, 2.05) is 19.2 Å². The number of anilines is 1. The Bertz CT molecular complexity index is 507. The lowest BCUT2D eigenvalue weighted by Crippen LogP contribution is -2.13. The van der Waals surface area contributed by atoms with Crippen LogP contribution in [0.5, 0.6) is 5.75 Å². The predicted octanol–water partition coefficient (Wildman–Crippen LogP) is 1.16. The Morgan fingerprint density at radius 1 is 1.47 bits per heavy atom. The van der Waals surface area contributed by atoms with Crippen LogP contribution in [0.25, 0.3) is 11.3 Å². The number of hydrogen-bond donors (Lipinski definition) is 3. The van der Waals surface area contributed by atoms with Crippen molar-refractivity contribution in [3.05, 3.63) is 30.5 Å². The third-order valence-electron chi connectivity index (χ3n) is 2.52. The molecule has 0 saturated heterocycles. The Morgan fingerprint density at radius 3 is 3.00 bits per heavy atom. The fraction of sp³-hybridized carbons (Fsp3) is 0.250. The van der Waals surface area contributed by atoms with Gasteiger partial charge in [-0.15, -0.1) is 0 Å². The molecule has 4 N–H and O–H groups in total. The molecule has 1 heterocycles. The summed E-state index contributed by atoms with van der Waals surface area (Å²) in [5.74, 6) is 0.244. The zero-order valence-corrected chi connectivity index (χ0v) is 9.72. The van der Waals surface area contributed by atoms with Gasteiger partial charge in [-0.25, -0.2) is 0 Å². The zero-order chi connectivity index (χ0) is 12.3. The van der Waals surface area contributed by atoms with E-state index in [2.05, 4.69) is 10.4 Å². The molecular formula is C12H16N4O. The molecule has 0 fully saturated rings. The molecule has 0 radical (unpaired) electrons. The monoisotopic (exact) mass is 232 g/mol. The van der Waals surface area contributed by atoms with Crippen LogP contribution in [0.2, 0.25) is 0 Å². The van der Waals surface area contributed by atoms with E-state index in [1.165, 1.54) is 0 Å². The average molecular weight is 232 g/mol. The SMILES string of the molecule is Cn1ncc(NCCN)c1-c1cccc(O)c1. The Morgan fingerprint density at radius 2 is 2.29 bits per heavy atom. The highest BCUT2D eigenvalue weighted by atomic mass is 16.3. The summed E-state index contributed by atoms with van der Waals surface area (Å²) in [5, 5.41) is 16.9. The number of aryl methyl sites for hydroxylation is 1. The summed E-state index contributed by atoms with van der Waals surface area (Å²) < 4.78 is 1.77. The van der Waals surface area contributed by atoms with Crippen molar-refractivity contribution in [1.82, 2.24) is 9.78 Å². The van der Waals surface area contributed by atoms with Gasteiger partial charge in [0.05, 0.1) is 17.6 Å². The third-order valence-corrected chi connectivity index (χ3v) is 2.52. The number of nitrogens with one attached hydrogen (secondary N) is 1. The number of aromatic hydroxyl groups is 1. The van der Waals surface area contributed by atoms with Crippen molar-refractivity contribution in [2.24, 2.45) is 12.8 Å². The Kier molecular flexibility index (Phi) is 3.30. The van der Waals surface area contributed by atoms with Crippen molar-refractivity contribution in [3.63, 3.8) is 0 Å². The standard InChI is InChI=1S/C12H16N4O/c1-16-12(9-3-2-4-10(17)7-9)11(8-15-16)14-6-5-13/h2-4,7-8,14,17H,5-6,13H2,1H3. The fourth-order valence-corrected chi connectivity index (χ4v) is 1.77. The van der Waals surface area contributed by atoms with Crippen molar-refractivity contribution in [3.8, 4) is 17.0 Å². The first-order valence-corrected chi connectivity index (χ1v) is 5.47. The van der Waals surface area contributed by atoms with Crippen molar-refractivity contribution in [2.75, 3.05) is 18.4 Å². The maximum Gasteiger partial charge on any atom is 0.116 e. The summed E-state index contributed by atoms with van der Waals surface area (Å²) in [7, 11) is 1.87. The van der Waals surface area contributed by atoms with Crippen molar-refractivity contribution in [2.45, 2.75) is 0 Å². The van der Waals surface area contributed by atoms with E-state index in [0.717, 1.165) is 16.9 Å². The topological polar surface area (TPSA) is 76.1 Å². The Balaban J connectivity index is 2.39. The first-order valence-electron chi connectivity index (χ1n) is 5.47. The summed E-state index contributed by atoms with van der Waals surface area (Å²) in [6.45, 7) is 1.26. The first kappa shape index (κ1) is 11.5. The summed E-state index contributed by atoms with van der Waals surface area (Å²) in [6, 6.07) is 7.10. The van der Waals surface area contributed by atoms with Crippen LogP contribution in [0.4, 0.5) is 5.69 Å². The van der Waals surface area contributed by atoms with E-state index in [1.54, 1.807) is 23.0 Å². The average Bonchev–Trinajstić information content (AvgIpc) is 2.68. The number of phenolic OH excluding ortho intramolecular Hbond substituents is 1. The summed E-state index contributed by atoms with van der Waals surface area (Å²) in [6.07, 6.45) is 1.76. The van der Waals surface area contributed by atoms with E-state index in [-0.39, 0.29) is 5.75 Å². The molecular weight excluding hydrogens is 216 g/mol. The summed E-state index contributed by atoms with van der Waals surface area (Å²) >= 11 is 0. The molecule has 0 saturated carbocycles. The van der Waals surface area contributed by atoms with Gasteiger partial charge in [0.15, 0.2) is 0 Å². The molecule has 5 nitrogen and oxygen atoms in total. The Labute approximate surface area is 99.9 Å². The van der Waals surface area contributed by atoms with Gasteiger partial charge in [-0.3, -0.25) is 4.68 Å². The summed E-state index contributed by atoms with van der Waals surface area (Å²) in [5.41, 5.74) is 8.25. The lowest BCUT2D eigenvalue weighted by molar-refractivity contribution is 0.475. The fourth-order valence-electron chi connectivity index (χ4n) is 1.77. The van der Waals surface area contributed by atoms with Gasteiger partial charge in [0, 0.05) is 25.7 Å². The van der Waals surface area contributed by atoms with Crippen molar-refractivity contribution in [1.29, 1.82) is 0 Å². The number of nitrogens with two attached hydrogens (primary N) is 1. The van der Waals surface area contributed by atoms with Gasteiger partial charge in [-0.1, -0.05) is 12.1 Å². The van der Waals surface area contributed by atoms with E-state index in [4.69, 9.17) is 5.73 Å². The smallest absolute Gasteiger partial charge is 0.116 e. The molecule has 0 bridgehead atoms. The second kappa shape index (κ2) is 4.88. The molecule has 2 rings (SSSR count). The van der Waals surface area contributed by atoms with Crippen molar-refractivity contribution < 1.29 is 5.11 Å². The quantitative estimate of drug-likeness (QED) is 0.739. The molecule has 0 unspecified atom stereocenters. The maximum atomic E-state index is 9.50. The molecule has 1 aromatic carbocycles. The van der Waals surface area contributed by atoms with Crippen molar-refractivity contribution >= 4 is 5.69 Å². The van der Waals surface area contributed by atoms with Crippen LogP contribution in [0, 0.1) is 0 Å². The number of nitrogens with zero attached hydrogens (tertiary/aromatic N) is 2. The van der Waals surface area contributed by atoms with Crippen LogP contribution in [-0.4, -0.2) is 28.0 Å². The second-order valence-corrected chi connectivity index (χ2v) is 3.80. The minimum atomic E-state index is 0.244. The molecule has 17 heavy (non-hydrogen) atoms. The van der Waals surface area contributed by atoms with Crippen LogP contribution in [0.3, 0.4) is 0 Å². The molecule has 0 atom stereocenters. The van der Waals surface area contributed by atoms with Crippen LogP contribution >= 0.6 is 0 Å². The van der Waals surface area contributed by atoms with Gasteiger partial charge < -0.3 is 16.2 Å². The molecule has 5 heteroatoms. The largest absolute Gasteiger partial charge is 0.508 e. The normalized spacial score (nSPS) is 10.5. The van der Waals surface area contributed by atoms with E-state index in [9.17, 15) is 5.11 Å². The molecule has 0 aliphatic carbocycles. The highest BCUT2D eigenvalue weighted by Crippen LogP contribution is 2.29. The zero-order valence-electron chi connectivity index (χ0n) is 9.72. The van der Waals surface area contributed by atoms with Gasteiger partial charge in [0.25, 0.3) is 0 Å². The number of benzene rings is 1. The van der Waals surface area contributed by atoms with Gasteiger partial charge in [-0.05, 0) is 12.1 Å². The summed E-state index contributed by atoms with van der Waals surface area (Å²) in [4.78, 5) is 0. The molecule has 1 aromatic heterocycles. The lowest BCUT2D eigenvalue weighted by Gasteiger charge is -2.08. The number of phenols is 1. The minimum Gasteiger partial charge on any atom is -0.508 e. The number of aromatic nitrogens is 2. The molecule has 0 aliphatic heterocycles. The van der Waals surface area contributed by atoms with Crippen LogP contribution < -0.4 is 11.1 Å². The van der Waals surface area contributed by atoms with Crippen LogP contribution in [0.15, 0.2) is 30.5 Å². The number of rotatable bonds is 4. The molecule has 90 valence electrons. The van der Waals surface area contributed by atoms with Crippen LogP contribution in [-0.2, 0) is 7.05 Å². The van der Waals surface area contributed by atoms with Gasteiger partial charge >= 0.3 is 0 Å². The molecule has 2 aromatic rings. The third kappa shape index (κ3) is 2.39. The van der Waals surface area contributed by atoms with E-state index < -0.39 is 0 Å². The molecule has 0 spiro atoms. The predicted molar refractivity (Wildman–Crippen MR) is 67.9 cm³/mol. The van der Waals surface area contributed by atoms with Gasteiger partial charge in [0.1, 0.15) is 5.75 Å². The van der Waals surface area contributed by atoms with E-state index in [0.29, 0.717) is 13.1 Å². The second-order valence-electron chi connectivity index (χ2n) is 3.80. The van der Waals surface area contributed by atoms with Gasteiger partial charge in [-0.2, -0.15) is 5.10 Å². The maximum absolute atomic E-state index is 9.50. The minimum absolute atomic E-state index is 0.244. The highest BCUT2D eigenvalue weighted by molar-refractivity contribution is 5.75. The highest BCUT2D eigenvalue weighted by Gasteiger charge is 2.10. The van der Waals surface area contributed by atoms with Gasteiger partial charge in [0.2, 0.25) is 0 Å². The van der Waals surface area contributed by atoms with E-state index >= 15 is 0 Å². The number of hydrogen-bond acceptors (Lipinski definition) is 4. The first-order chi connectivity index (χ1) is 8.22. The molecule has 0 amide bonds. The van der Waals surface area contributed by atoms with Crippen LogP contribution in [0.1, 0.15) is 0 Å². The molecule has 0 aliphatic rings. The lowest BCUT2D eigenvalue weighted by atomic mass is 10.1.